The van der Waals surface area contributed by atoms with Crippen molar-refractivity contribution in [2.45, 2.75) is 25.7 Å². The number of benzene rings is 2. The first-order chi connectivity index (χ1) is 13.2. The van der Waals surface area contributed by atoms with Gasteiger partial charge in [-0.2, -0.15) is 0 Å². The van der Waals surface area contributed by atoms with Gasteiger partial charge >= 0.3 is 0 Å². The van der Waals surface area contributed by atoms with Crippen molar-refractivity contribution >= 4 is 23.2 Å². The lowest BCUT2D eigenvalue weighted by Crippen LogP contribution is -2.19. The zero-order chi connectivity index (χ0) is 18.6. The molecule has 27 heavy (non-hydrogen) atoms. The average molecular weight is 366 g/mol. The number of amides is 2. The van der Waals surface area contributed by atoms with E-state index in [9.17, 15) is 9.59 Å². The van der Waals surface area contributed by atoms with Crippen molar-refractivity contribution in [1.29, 1.82) is 0 Å². The van der Waals surface area contributed by atoms with E-state index in [2.05, 4.69) is 10.6 Å². The first kappa shape index (κ1) is 17.4. The summed E-state index contributed by atoms with van der Waals surface area (Å²) >= 11 is 0. The second-order valence-corrected chi connectivity index (χ2v) is 6.86. The molecule has 0 saturated heterocycles. The summed E-state index contributed by atoms with van der Waals surface area (Å²) in [5.74, 6) is 1.77. The van der Waals surface area contributed by atoms with Crippen LogP contribution in [0, 0.1) is 5.92 Å². The van der Waals surface area contributed by atoms with Crippen LogP contribution in [0.5, 0.6) is 11.5 Å². The fourth-order valence-corrected chi connectivity index (χ4v) is 3.02. The van der Waals surface area contributed by atoms with Gasteiger partial charge in [0.2, 0.25) is 11.8 Å². The molecular formula is C21H22N2O4. The van der Waals surface area contributed by atoms with Gasteiger partial charge in [-0.1, -0.05) is 6.07 Å². The number of hydrogen-bond acceptors (Lipinski definition) is 4. The van der Waals surface area contributed by atoms with Crippen LogP contribution in [-0.2, 0) is 16.0 Å². The minimum absolute atomic E-state index is 0.0557. The second-order valence-electron chi connectivity index (χ2n) is 6.86. The summed E-state index contributed by atoms with van der Waals surface area (Å²) in [6, 6.07) is 13.1. The summed E-state index contributed by atoms with van der Waals surface area (Å²) in [6.07, 6.45) is 3.20. The molecule has 1 aliphatic carbocycles. The molecule has 0 radical (unpaired) electrons. The molecule has 0 aromatic heterocycles. The Hall–Kier alpha value is -3.02. The maximum Gasteiger partial charge on any atom is 0.227 e. The summed E-state index contributed by atoms with van der Waals surface area (Å²) < 4.78 is 11.5. The van der Waals surface area contributed by atoms with Crippen LogP contribution >= 0.6 is 0 Å². The zero-order valence-electron chi connectivity index (χ0n) is 15.0. The quantitative estimate of drug-likeness (QED) is 0.737. The third-order valence-corrected chi connectivity index (χ3v) is 4.64. The van der Waals surface area contributed by atoms with E-state index in [1.165, 1.54) is 0 Å². The molecule has 2 aromatic rings. The van der Waals surface area contributed by atoms with Gasteiger partial charge in [0.25, 0.3) is 0 Å². The number of carbonyl (C=O) groups excluding carboxylic acids is 2. The summed E-state index contributed by atoms with van der Waals surface area (Å²) in [4.78, 5) is 23.2. The monoisotopic (exact) mass is 366 g/mol. The van der Waals surface area contributed by atoms with E-state index in [1.54, 1.807) is 0 Å². The van der Waals surface area contributed by atoms with E-state index in [1.807, 2.05) is 42.5 Å². The minimum atomic E-state index is 0.0557. The first-order valence-corrected chi connectivity index (χ1v) is 9.27. The zero-order valence-corrected chi connectivity index (χ0v) is 15.0. The number of hydrogen-bond donors (Lipinski definition) is 2. The summed E-state index contributed by atoms with van der Waals surface area (Å²) in [5, 5.41) is 5.77. The van der Waals surface area contributed by atoms with Crippen molar-refractivity contribution in [2.24, 2.45) is 5.92 Å². The van der Waals surface area contributed by atoms with Gasteiger partial charge in [0.05, 0.1) is 0 Å². The highest BCUT2D eigenvalue weighted by Gasteiger charge is 2.29. The Morgan fingerprint density at radius 2 is 1.81 bits per heavy atom. The maximum atomic E-state index is 11.8. The minimum Gasteiger partial charge on any atom is -0.490 e. The number of ether oxygens (including phenoxy) is 2. The van der Waals surface area contributed by atoms with Crippen LogP contribution in [0.4, 0.5) is 11.4 Å². The molecule has 1 heterocycles. The SMILES string of the molecule is O=C1CCc2cc(OCCOc3cccc(NC(=O)C4CC4)c3)ccc2N1. The Morgan fingerprint density at radius 1 is 1.04 bits per heavy atom. The van der Waals surface area contributed by atoms with E-state index < -0.39 is 0 Å². The third kappa shape index (κ3) is 4.58. The van der Waals surface area contributed by atoms with Crippen LogP contribution in [0.1, 0.15) is 24.8 Å². The average Bonchev–Trinajstić information content (AvgIpc) is 3.51. The molecule has 2 amide bonds. The van der Waals surface area contributed by atoms with Crippen LogP contribution in [0.25, 0.3) is 0 Å². The molecule has 2 N–H and O–H groups in total. The van der Waals surface area contributed by atoms with Crippen molar-refractivity contribution in [1.82, 2.24) is 0 Å². The normalized spacial score (nSPS) is 15.5. The van der Waals surface area contributed by atoms with Gasteiger partial charge in [0.1, 0.15) is 24.7 Å². The molecule has 0 bridgehead atoms. The Kier molecular flexibility index (Phi) is 4.96. The van der Waals surface area contributed by atoms with E-state index in [4.69, 9.17) is 9.47 Å². The largest absolute Gasteiger partial charge is 0.490 e. The van der Waals surface area contributed by atoms with Crippen molar-refractivity contribution in [2.75, 3.05) is 23.8 Å². The smallest absolute Gasteiger partial charge is 0.227 e. The summed E-state index contributed by atoms with van der Waals surface area (Å²) in [7, 11) is 0. The molecule has 2 aliphatic rings. The van der Waals surface area contributed by atoms with E-state index in [0.29, 0.717) is 25.4 Å². The number of nitrogens with one attached hydrogen (secondary N) is 2. The predicted molar refractivity (Wildman–Crippen MR) is 102 cm³/mol. The van der Waals surface area contributed by atoms with Gasteiger partial charge in [-0.05, 0) is 55.2 Å². The highest BCUT2D eigenvalue weighted by atomic mass is 16.5. The van der Waals surface area contributed by atoms with Crippen LogP contribution in [0.3, 0.4) is 0 Å². The number of fused-ring (bicyclic) bond motifs is 1. The molecule has 2 aromatic carbocycles. The van der Waals surface area contributed by atoms with Crippen LogP contribution in [0.15, 0.2) is 42.5 Å². The van der Waals surface area contributed by atoms with Gasteiger partial charge in [-0.25, -0.2) is 0 Å². The van der Waals surface area contributed by atoms with Crippen LogP contribution in [-0.4, -0.2) is 25.0 Å². The van der Waals surface area contributed by atoms with Gasteiger partial charge in [-0.15, -0.1) is 0 Å². The number of anilines is 2. The Balaban J connectivity index is 1.25. The molecule has 140 valence electrons. The number of carbonyl (C=O) groups is 2. The maximum absolute atomic E-state index is 11.8. The molecule has 6 heteroatoms. The Labute approximate surface area is 157 Å². The van der Waals surface area contributed by atoms with E-state index in [0.717, 1.165) is 42.0 Å². The fraction of sp³-hybridized carbons (Fsp3) is 0.333. The van der Waals surface area contributed by atoms with Crippen molar-refractivity contribution < 1.29 is 19.1 Å². The highest BCUT2D eigenvalue weighted by Crippen LogP contribution is 2.30. The van der Waals surface area contributed by atoms with Gasteiger partial charge in [0, 0.05) is 29.8 Å². The number of rotatable bonds is 7. The van der Waals surface area contributed by atoms with Crippen LogP contribution < -0.4 is 20.1 Å². The molecule has 4 rings (SSSR count). The fourth-order valence-electron chi connectivity index (χ4n) is 3.02. The Morgan fingerprint density at radius 3 is 2.59 bits per heavy atom. The molecule has 1 aliphatic heterocycles. The molecule has 6 nitrogen and oxygen atoms in total. The Bertz CT molecular complexity index is 861. The predicted octanol–water partition coefficient (Wildman–Crippen LogP) is 3.38. The van der Waals surface area contributed by atoms with Crippen molar-refractivity contribution in [3.8, 4) is 11.5 Å². The van der Waals surface area contributed by atoms with Crippen LogP contribution in [0.2, 0.25) is 0 Å². The molecule has 0 unspecified atom stereocenters. The highest BCUT2D eigenvalue weighted by molar-refractivity contribution is 5.94. The van der Waals surface area contributed by atoms with Crippen molar-refractivity contribution in [3.63, 3.8) is 0 Å². The lowest BCUT2D eigenvalue weighted by atomic mass is 10.0. The summed E-state index contributed by atoms with van der Waals surface area (Å²) in [6.45, 7) is 0.803. The lowest BCUT2D eigenvalue weighted by Gasteiger charge is -2.17. The topological polar surface area (TPSA) is 76.7 Å². The third-order valence-electron chi connectivity index (χ3n) is 4.64. The molecule has 0 atom stereocenters. The standard InChI is InChI=1S/C21H22N2O4/c24-20-9-6-15-12-18(7-8-19(15)23-20)27-11-10-26-17-3-1-2-16(13-17)22-21(25)14-4-5-14/h1-3,7-8,12-14H,4-6,9-11H2,(H,22,25)(H,23,24). The van der Waals surface area contributed by atoms with E-state index in [-0.39, 0.29) is 17.7 Å². The van der Waals surface area contributed by atoms with Gasteiger partial charge in [-0.3, -0.25) is 9.59 Å². The second kappa shape index (κ2) is 7.70. The van der Waals surface area contributed by atoms with Crippen molar-refractivity contribution in [3.05, 3.63) is 48.0 Å². The van der Waals surface area contributed by atoms with Gasteiger partial charge < -0.3 is 20.1 Å². The summed E-state index contributed by atoms with van der Waals surface area (Å²) in [5.41, 5.74) is 2.70. The molecule has 1 saturated carbocycles. The van der Waals surface area contributed by atoms with Gasteiger partial charge in [0.15, 0.2) is 0 Å². The molecule has 1 fully saturated rings. The number of aryl methyl sites for hydroxylation is 1. The van der Waals surface area contributed by atoms with E-state index >= 15 is 0 Å². The molecular weight excluding hydrogens is 344 g/mol. The molecule has 0 spiro atoms. The first-order valence-electron chi connectivity index (χ1n) is 9.27. The lowest BCUT2D eigenvalue weighted by molar-refractivity contribution is -0.117.